The van der Waals surface area contributed by atoms with E-state index < -0.39 is 12.0 Å². The van der Waals surface area contributed by atoms with Gasteiger partial charge in [-0.1, -0.05) is 0 Å². The van der Waals surface area contributed by atoms with E-state index in [-0.39, 0.29) is 31.4 Å². The van der Waals surface area contributed by atoms with Crippen LogP contribution in [0.1, 0.15) is 33.6 Å². The number of nitrogens with one attached hydrogen (secondary N) is 1. The summed E-state index contributed by atoms with van der Waals surface area (Å²) in [6, 6.07) is -0.773. The number of hydrogen-bond acceptors (Lipinski definition) is 4. The lowest BCUT2D eigenvalue weighted by Crippen LogP contribution is -2.46. The van der Waals surface area contributed by atoms with Crippen LogP contribution in [0, 0.1) is 0 Å². The zero-order chi connectivity index (χ0) is 14.8. The molecule has 7 heteroatoms. The molecule has 0 rings (SSSR count). The molecule has 0 spiro atoms. The van der Waals surface area contributed by atoms with Crippen molar-refractivity contribution in [3.8, 4) is 0 Å². The van der Waals surface area contributed by atoms with Crippen LogP contribution in [0.5, 0.6) is 0 Å². The lowest BCUT2D eigenvalue weighted by atomic mass is 10.2. The average Bonchev–Trinajstić information content (AvgIpc) is 2.29. The first-order valence-electron chi connectivity index (χ1n) is 6.34. The van der Waals surface area contributed by atoms with Crippen LogP contribution in [-0.2, 0) is 14.3 Å². The number of aliphatic carboxylic acids is 1. The first kappa shape index (κ1) is 17.2. The first-order chi connectivity index (χ1) is 8.92. The third-order valence-corrected chi connectivity index (χ3v) is 2.51. The van der Waals surface area contributed by atoms with Crippen LogP contribution < -0.4 is 5.32 Å². The van der Waals surface area contributed by atoms with Crippen molar-refractivity contribution in [3.05, 3.63) is 0 Å². The molecule has 2 amide bonds. The van der Waals surface area contributed by atoms with Gasteiger partial charge < -0.3 is 20.1 Å². The second kappa shape index (κ2) is 9.18. The molecule has 1 atom stereocenters. The molecule has 0 aliphatic carbocycles. The lowest BCUT2D eigenvalue weighted by Gasteiger charge is -2.27. The highest BCUT2D eigenvalue weighted by atomic mass is 16.5. The van der Waals surface area contributed by atoms with Crippen molar-refractivity contribution in [1.29, 1.82) is 0 Å². The Morgan fingerprint density at radius 2 is 1.95 bits per heavy atom. The molecule has 0 aromatic rings. The highest BCUT2D eigenvalue weighted by Crippen LogP contribution is 2.04. The zero-order valence-corrected chi connectivity index (χ0v) is 11.6. The lowest BCUT2D eigenvalue weighted by molar-refractivity contribution is -0.143. The monoisotopic (exact) mass is 274 g/mol. The summed E-state index contributed by atoms with van der Waals surface area (Å²) in [5.41, 5.74) is 0. The van der Waals surface area contributed by atoms with Crippen molar-refractivity contribution in [2.75, 3.05) is 19.7 Å². The second-order valence-electron chi connectivity index (χ2n) is 4.02. The zero-order valence-electron chi connectivity index (χ0n) is 11.6. The number of urea groups is 1. The second-order valence-corrected chi connectivity index (χ2v) is 4.02. The molecule has 0 aliphatic heterocycles. The summed E-state index contributed by atoms with van der Waals surface area (Å²) < 4.78 is 4.73. The number of nitrogens with zero attached hydrogens (tertiary/aromatic N) is 1. The molecule has 0 aliphatic rings. The van der Waals surface area contributed by atoms with Gasteiger partial charge in [0.05, 0.1) is 19.4 Å². The van der Waals surface area contributed by atoms with Gasteiger partial charge in [-0.2, -0.15) is 0 Å². The Labute approximate surface area is 112 Å². The molecule has 19 heavy (non-hydrogen) atoms. The quantitative estimate of drug-likeness (QED) is 0.639. The van der Waals surface area contributed by atoms with Crippen LogP contribution >= 0.6 is 0 Å². The summed E-state index contributed by atoms with van der Waals surface area (Å²) in [5, 5.41) is 11.3. The smallest absolute Gasteiger partial charge is 0.317 e. The number of carboxylic acids is 1. The first-order valence-corrected chi connectivity index (χ1v) is 6.34. The maximum Gasteiger partial charge on any atom is 0.317 e. The Balaban J connectivity index is 4.14. The molecule has 110 valence electrons. The fourth-order valence-corrected chi connectivity index (χ4v) is 1.62. The predicted molar refractivity (Wildman–Crippen MR) is 68.7 cm³/mol. The van der Waals surface area contributed by atoms with Crippen molar-refractivity contribution in [2.24, 2.45) is 0 Å². The SMILES string of the molecule is CCOC(=O)CCNC(=O)N(CC)C(C)CC(=O)O. The topological polar surface area (TPSA) is 95.9 Å². The predicted octanol–water partition coefficient (Wildman–Crippen LogP) is 0.834. The van der Waals surface area contributed by atoms with E-state index >= 15 is 0 Å². The standard InChI is InChI=1S/C12H22N2O5/c1-4-14(9(3)8-10(15)16)12(18)13-7-6-11(17)19-5-2/h9H,4-8H2,1-3H3,(H,13,18)(H,15,16). The largest absolute Gasteiger partial charge is 0.481 e. The Bertz CT molecular complexity index is 319. The van der Waals surface area contributed by atoms with E-state index in [4.69, 9.17) is 9.84 Å². The number of carbonyl (C=O) groups excluding carboxylic acids is 2. The van der Waals surface area contributed by atoms with Gasteiger partial charge >= 0.3 is 18.0 Å². The number of carboxylic acid groups (broad SMARTS) is 1. The van der Waals surface area contributed by atoms with Crippen LogP contribution in [0.4, 0.5) is 4.79 Å². The molecular formula is C12H22N2O5. The van der Waals surface area contributed by atoms with Crippen LogP contribution in [0.25, 0.3) is 0 Å². The molecular weight excluding hydrogens is 252 g/mol. The van der Waals surface area contributed by atoms with Gasteiger partial charge in [0, 0.05) is 19.1 Å². The fraction of sp³-hybridized carbons (Fsp3) is 0.750. The third kappa shape index (κ3) is 7.28. The molecule has 0 heterocycles. The van der Waals surface area contributed by atoms with Crippen molar-refractivity contribution >= 4 is 18.0 Å². The molecule has 1 unspecified atom stereocenters. The minimum absolute atomic E-state index is 0.102. The number of carbonyl (C=O) groups is 3. The van der Waals surface area contributed by atoms with Gasteiger partial charge in [0.15, 0.2) is 0 Å². The van der Waals surface area contributed by atoms with Gasteiger partial charge in [-0.05, 0) is 20.8 Å². The maximum absolute atomic E-state index is 11.8. The van der Waals surface area contributed by atoms with Crippen LogP contribution in [0.15, 0.2) is 0 Å². The van der Waals surface area contributed by atoms with Crippen molar-refractivity contribution in [3.63, 3.8) is 0 Å². The fourth-order valence-electron chi connectivity index (χ4n) is 1.62. The Kier molecular flexibility index (Phi) is 8.32. The average molecular weight is 274 g/mol. The number of ether oxygens (including phenoxy) is 1. The summed E-state index contributed by atoms with van der Waals surface area (Å²) in [5.74, 6) is -1.32. The maximum atomic E-state index is 11.8. The number of amides is 2. The van der Waals surface area contributed by atoms with E-state index in [1.165, 1.54) is 4.90 Å². The molecule has 0 bridgehead atoms. The van der Waals surface area contributed by atoms with E-state index in [9.17, 15) is 14.4 Å². The minimum atomic E-state index is -0.953. The van der Waals surface area contributed by atoms with Gasteiger partial charge in [0.1, 0.15) is 0 Å². The van der Waals surface area contributed by atoms with Crippen molar-refractivity contribution in [1.82, 2.24) is 10.2 Å². The molecule has 0 radical (unpaired) electrons. The molecule has 0 saturated carbocycles. The molecule has 0 aromatic heterocycles. The van der Waals surface area contributed by atoms with Crippen molar-refractivity contribution < 1.29 is 24.2 Å². The molecule has 2 N–H and O–H groups in total. The van der Waals surface area contributed by atoms with Crippen LogP contribution in [0.3, 0.4) is 0 Å². The molecule has 0 saturated heterocycles. The van der Waals surface area contributed by atoms with E-state index in [0.29, 0.717) is 13.2 Å². The van der Waals surface area contributed by atoms with Gasteiger partial charge in [0.25, 0.3) is 0 Å². The van der Waals surface area contributed by atoms with E-state index in [1.54, 1.807) is 20.8 Å². The molecule has 0 aromatic carbocycles. The summed E-state index contributed by atoms with van der Waals surface area (Å²) in [7, 11) is 0. The van der Waals surface area contributed by atoms with E-state index in [0.717, 1.165) is 0 Å². The van der Waals surface area contributed by atoms with Gasteiger partial charge in [-0.3, -0.25) is 9.59 Å². The Hall–Kier alpha value is -1.79. The van der Waals surface area contributed by atoms with Gasteiger partial charge in [-0.15, -0.1) is 0 Å². The summed E-state index contributed by atoms with van der Waals surface area (Å²) in [6.45, 7) is 6.03. The summed E-state index contributed by atoms with van der Waals surface area (Å²) in [4.78, 5) is 34.9. The minimum Gasteiger partial charge on any atom is -0.481 e. The Morgan fingerprint density at radius 3 is 2.42 bits per heavy atom. The number of esters is 1. The van der Waals surface area contributed by atoms with E-state index in [1.807, 2.05) is 0 Å². The van der Waals surface area contributed by atoms with E-state index in [2.05, 4.69) is 5.32 Å². The Morgan fingerprint density at radius 1 is 1.32 bits per heavy atom. The van der Waals surface area contributed by atoms with Crippen molar-refractivity contribution in [2.45, 2.75) is 39.7 Å². The van der Waals surface area contributed by atoms with Crippen LogP contribution in [-0.4, -0.2) is 53.7 Å². The summed E-state index contributed by atoms with van der Waals surface area (Å²) >= 11 is 0. The highest BCUT2D eigenvalue weighted by Gasteiger charge is 2.20. The normalized spacial score (nSPS) is 11.5. The molecule has 7 nitrogen and oxygen atoms in total. The molecule has 0 fully saturated rings. The van der Waals surface area contributed by atoms with Gasteiger partial charge in [0.2, 0.25) is 0 Å². The van der Waals surface area contributed by atoms with Crippen LogP contribution in [0.2, 0.25) is 0 Å². The third-order valence-electron chi connectivity index (χ3n) is 2.51. The van der Waals surface area contributed by atoms with Gasteiger partial charge in [-0.25, -0.2) is 4.79 Å². The number of rotatable bonds is 8. The highest BCUT2D eigenvalue weighted by molar-refractivity contribution is 5.77. The summed E-state index contributed by atoms with van der Waals surface area (Å²) in [6.07, 6.45) is -0.0103. The number of hydrogen-bond donors (Lipinski definition) is 2.